The van der Waals surface area contributed by atoms with Crippen molar-refractivity contribution in [3.63, 3.8) is 0 Å². The normalized spacial score (nSPS) is 12.8. The molecular formula is C22H41N3O. The zero-order chi connectivity index (χ0) is 18.7. The van der Waals surface area contributed by atoms with Crippen molar-refractivity contribution >= 4 is 0 Å². The third-order valence-electron chi connectivity index (χ3n) is 4.84. The second-order valence-electron chi connectivity index (χ2n) is 7.33. The molecule has 0 amide bonds. The van der Waals surface area contributed by atoms with Gasteiger partial charge in [-0.1, -0.05) is 64.7 Å². The van der Waals surface area contributed by atoms with Gasteiger partial charge in [-0.25, -0.2) is 0 Å². The molecule has 4 nitrogen and oxygen atoms in total. The van der Waals surface area contributed by atoms with Crippen molar-refractivity contribution < 1.29 is 4.74 Å². The molecule has 0 radical (unpaired) electrons. The standard InChI is InChI=1S/C22H41N3O/c1-3-4-5-6-7-8-11-16-22(21-26-2)24-23-17-12-9-10-13-18-25-19-14-15-20-25/h14-15,19-20,22H,3-13,16-18,21H2,1-2H3. The van der Waals surface area contributed by atoms with Crippen LogP contribution in [0.15, 0.2) is 34.8 Å². The first-order chi connectivity index (χ1) is 12.9. The van der Waals surface area contributed by atoms with Crippen LogP contribution in [0, 0.1) is 0 Å². The summed E-state index contributed by atoms with van der Waals surface area (Å²) in [6.45, 7) is 4.96. The summed E-state index contributed by atoms with van der Waals surface area (Å²) >= 11 is 0. The molecule has 1 aromatic heterocycles. The fourth-order valence-corrected chi connectivity index (χ4v) is 3.23. The van der Waals surface area contributed by atoms with Gasteiger partial charge in [-0.3, -0.25) is 0 Å². The van der Waals surface area contributed by atoms with Crippen molar-refractivity contribution in [1.29, 1.82) is 0 Å². The summed E-state index contributed by atoms with van der Waals surface area (Å²) in [4.78, 5) is 0. The molecule has 1 rings (SSSR count). The average molecular weight is 364 g/mol. The minimum Gasteiger partial charge on any atom is -0.382 e. The van der Waals surface area contributed by atoms with Gasteiger partial charge in [0.2, 0.25) is 0 Å². The van der Waals surface area contributed by atoms with Crippen LogP contribution in [-0.2, 0) is 11.3 Å². The van der Waals surface area contributed by atoms with Gasteiger partial charge in [0.1, 0.15) is 0 Å². The zero-order valence-corrected chi connectivity index (χ0v) is 17.2. The van der Waals surface area contributed by atoms with Gasteiger partial charge in [0.15, 0.2) is 0 Å². The third-order valence-corrected chi connectivity index (χ3v) is 4.84. The molecule has 1 aromatic rings. The third kappa shape index (κ3) is 13.1. The molecule has 1 heterocycles. The van der Waals surface area contributed by atoms with Gasteiger partial charge in [-0.2, -0.15) is 10.2 Å². The number of unbranched alkanes of at least 4 members (excludes halogenated alkanes) is 9. The highest BCUT2D eigenvalue weighted by molar-refractivity contribution is 4.89. The summed E-state index contributed by atoms with van der Waals surface area (Å²) < 4.78 is 7.55. The quantitative estimate of drug-likeness (QED) is 0.212. The van der Waals surface area contributed by atoms with Crippen LogP contribution in [0.5, 0.6) is 0 Å². The first-order valence-corrected chi connectivity index (χ1v) is 10.8. The van der Waals surface area contributed by atoms with Crippen molar-refractivity contribution in [3.05, 3.63) is 24.5 Å². The van der Waals surface area contributed by atoms with Gasteiger partial charge in [0, 0.05) is 26.0 Å². The van der Waals surface area contributed by atoms with E-state index in [0.717, 1.165) is 25.9 Å². The van der Waals surface area contributed by atoms with Crippen LogP contribution in [0.25, 0.3) is 0 Å². The maximum atomic E-state index is 5.30. The number of methoxy groups -OCH3 is 1. The second-order valence-corrected chi connectivity index (χ2v) is 7.33. The second kappa shape index (κ2) is 17.3. The molecule has 150 valence electrons. The number of aryl methyl sites for hydroxylation is 1. The van der Waals surface area contributed by atoms with Gasteiger partial charge < -0.3 is 9.30 Å². The number of azo groups is 1. The Labute approximate surface area is 161 Å². The van der Waals surface area contributed by atoms with Crippen LogP contribution in [0.4, 0.5) is 0 Å². The summed E-state index contributed by atoms with van der Waals surface area (Å²) in [5.41, 5.74) is 0. The molecular weight excluding hydrogens is 322 g/mol. The Kier molecular flexibility index (Phi) is 15.2. The van der Waals surface area contributed by atoms with Crippen molar-refractivity contribution in [2.24, 2.45) is 10.2 Å². The first kappa shape index (κ1) is 22.9. The number of rotatable bonds is 18. The van der Waals surface area contributed by atoms with E-state index in [1.165, 1.54) is 64.2 Å². The topological polar surface area (TPSA) is 38.9 Å². The summed E-state index contributed by atoms with van der Waals surface area (Å²) in [6, 6.07) is 4.43. The lowest BCUT2D eigenvalue weighted by molar-refractivity contribution is 0.173. The van der Waals surface area contributed by atoms with Crippen LogP contribution in [0.1, 0.15) is 84.0 Å². The summed E-state index contributed by atoms with van der Waals surface area (Å²) in [6.07, 6.45) is 19.7. The van der Waals surface area contributed by atoms with Gasteiger partial charge in [0.05, 0.1) is 19.2 Å². The van der Waals surface area contributed by atoms with E-state index in [2.05, 4.69) is 46.2 Å². The van der Waals surface area contributed by atoms with E-state index in [1.54, 1.807) is 7.11 Å². The predicted octanol–water partition coefficient (Wildman–Crippen LogP) is 6.66. The van der Waals surface area contributed by atoms with Crippen LogP contribution in [-0.4, -0.2) is 30.9 Å². The minimum atomic E-state index is 0.254. The maximum absolute atomic E-state index is 5.30. The highest BCUT2D eigenvalue weighted by atomic mass is 16.5. The van der Waals surface area contributed by atoms with E-state index in [4.69, 9.17) is 4.74 Å². The molecule has 26 heavy (non-hydrogen) atoms. The van der Waals surface area contributed by atoms with E-state index in [-0.39, 0.29) is 6.04 Å². The molecule has 0 aliphatic carbocycles. The fraction of sp³-hybridized carbons (Fsp3) is 0.818. The summed E-state index contributed by atoms with van der Waals surface area (Å²) in [5, 5.41) is 8.93. The monoisotopic (exact) mass is 363 g/mol. The number of ether oxygens (including phenoxy) is 1. The number of hydrogen-bond acceptors (Lipinski definition) is 3. The molecule has 0 aliphatic heterocycles. The van der Waals surface area contributed by atoms with Crippen LogP contribution in [0.2, 0.25) is 0 Å². The largest absolute Gasteiger partial charge is 0.382 e. The van der Waals surface area contributed by atoms with Crippen LogP contribution < -0.4 is 0 Å². The molecule has 4 heteroatoms. The van der Waals surface area contributed by atoms with Gasteiger partial charge in [-0.05, 0) is 31.4 Å². The predicted molar refractivity (Wildman–Crippen MR) is 111 cm³/mol. The van der Waals surface area contributed by atoms with Crippen molar-refractivity contribution in [2.45, 2.75) is 96.6 Å². The van der Waals surface area contributed by atoms with Crippen LogP contribution >= 0.6 is 0 Å². The maximum Gasteiger partial charge on any atom is 0.0941 e. The summed E-state index contributed by atoms with van der Waals surface area (Å²) in [7, 11) is 1.76. The highest BCUT2D eigenvalue weighted by Gasteiger charge is 2.06. The molecule has 0 spiro atoms. The van der Waals surface area contributed by atoms with Crippen molar-refractivity contribution in [3.8, 4) is 0 Å². The van der Waals surface area contributed by atoms with Crippen molar-refractivity contribution in [1.82, 2.24) is 4.57 Å². The van der Waals surface area contributed by atoms with Crippen LogP contribution in [0.3, 0.4) is 0 Å². The summed E-state index contributed by atoms with van der Waals surface area (Å²) in [5.74, 6) is 0. The fourth-order valence-electron chi connectivity index (χ4n) is 3.23. The van der Waals surface area contributed by atoms with Crippen molar-refractivity contribution in [2.75, 3.05) is 20.3 Å². The van der Waals surface area contributed by atoms with E-state index in [9.17, 15) is 0 Å². The van der Waals surface area contributed by atoms with E-state index < -0.39 is 0 Å². The molecule has 0 saturated carbocycles. The van der Waals surface area contributed by atoms with E-state index in [0.29, 0.717) is 6.61 Å². The number of aromatic nitrogens is 1. The minimum absolute atomic E-state index is 0.254. The highest BCUT2D eigenvalue weighted by Crippen LogP contribution is 2.12. The Balaban J connectivity index is 1.98. The molecule has 0 aliphatic rings. The van der Waals surface area contributed by atoms with Gasteiger partial charge in [-0.15, -0.1) is 0 Å². The molecule has 0 fully saturated rings. The zero-order valence-electron chi connectivity index (χ0n) is 17.2. The molecule has 0 bridgehead atoms. The lowest BCUT2D eigenvalue weighted by Gasteiger charge is -2.10. The number of hydrogen-bond donors (Lipinski definition) is 0. The smallest absolute Gasteiger partial charge is 0.0941 e. The Morgan fingerprint density at radius 3 is 2.23 bits per heavy atom. The molecule has 0 N–H and O–H groups in total. The lowest BCUT2D eigenvalue weighted by Crippen LogP contribution is -2.11. The molecule has 1 unspecified atom stereocenters. The lowest BCUT2D eigenvalue weighted by atomic mass is 10.1. The Morgan fingerprint density at radius 2 is 1.50 bits per heavy atom. The SMILES string of the molecule is CCCCCCCCCC(COC)N=NCCCCCCn1cccc1. The van der Waals surface area contributed by atoms with Gasteiger partial charge >= 0.3 is 0 Å². The molecule has 1 atom stereocenters. The Bertz CT molecular complexity index is 417. The molecule has 0 saturated heterocycles. The first-order valence-electron chi connectivity index (χ1n) is 10.8. The molecule has 0 aromatic carbocycles. The average Bonchev–Trinajstić information content (AvgIpc) is 3.16. The van der Waals surface area contributed by atoms with E-state index >= 15 is 0 Å². The Morgan fingerprint density at radius 1 is 0.846 bits per heavy atom. The van der Waals surface area contributed by atoms with Gasteiger partial charge in [0.25, 0.3) is 0 Å². The number of nitrogens with zero attached hydrogens (tertiary/aromatic N) is 3. The van der Waals surface area contributed by atoms with E-state index in [1.807, 2.05) is 0 Å². The Hall–Kier alpha value is -1.16.